The minimum absolute atomic E-state index is 0.733. The van der Waals surface area contributed by atoms with E-state index < -0.39 is 0 Å². The summed E-state index contributed by atoms with van der Waals surface area (Å²) in [5.74, 6) is 0.733. The highest BCUT2D eigenvalue weighted by molar-refractivity contribution is 5.43. The number of nitrogens with one attached hydrogen (secondary N) is 1. The first-order chi connectivity index (χ1) is 8.20. The van der Waals surface area contributed by atoms with Gasteiger partial charge in [-0.15, -0.1) is 0 Å². The van der Waals surface area contributed by atoms with Gasteiger partial charge in [-0.25, -0.2) is 0 Å². The molecule has 1 aromatic rings. The van der Waals surface area contributed by atoms with E-state index in [-0.39, 0.29) is 0 Å². The van der Waals surface area contributed by atoms with Crippen molar-refractivity contribution < 1.29 is 0 Å². The summed E-state index contributed by atoms with van der Waals surface area (Å²) in [6.45, 7) is 6.44. The first-order valence-electron chi connectivity index (χ1n) is 6.41. The largest absolute Gasteiger partial charge is 0.316 e. The average Bonchev–Trinajstić information content (AvgIpc) is 2.34. The van der Waals surface area contributed by atoms with Gasteiger partial charge < -0.3 is 5.32 Å². The third-order valence-electron chi connectivity index (χ3n) is 3.71. The van der Waals surface area contributed by atoms with Gasteiger partial charge in [0.1, 0.15) is 0 Å². The molecule has 2 nitrogen and oxygen atoms in total. The maximum atomic E-state index is 9.08. The van der Waals surface area contributed by atoms with Gasteiger partial charge in [-0.05, 0) is 74.9 Å². The molecule has 1 unspecified atom stereocenters. The summed E-state index contributed by atoms with van der Waals surface area (Å²) in [4.78, 5) is 0. The third-order valence-corrected chi connectivity index (χ3v) is 3.71. The first-order valence-corrected chi connectivity index (χ1v) is 6.41. The molecule has 1 atom stereocenters. The SMILES string of the molecule is Cc1cc(C)c(CC2CCCNC2)cc1C#N. The maximum Gasteiger partial charge on any atom is 0.0994 e. The van der Waals surface area contributed by atoms with Crippen LogP contribution in [0.2, 0.25) is 0 Å². The third kappa shape index (κ3) is 2.87. The number of rotatable bonds is 2. The van der Waals surface area contributed by atoms with Crippen LogP contribution in [0.1, 0.15) is 35.1 Å². The van der Waals surface area contributed by atoms with Crippen molar-refractivity contribution in [1.29, 1.82) is 5.26 Å². The zero-order chi connectivity index (χ0) is 12.3. The van der Waals surface area contributed by atoms with Gasteiger partial charge in [0.15, 0.2) is 0 Å². The van der Waals surface area contributed by atoms with Crippen molar-refractivity contribution in [3.63, 3.8) is 0 Å². The fourth-order valence-corrected chi connectivity index (χ4v) is 2.65. The molecule has 0 bridgehead atoms. The van der Waals surface area contributed by atoms with Gasteiger partial charge >= 0.3 is 0 Å². The highest BCUT2D eigenvalue weighted by Crippen LogP contribution is 2.21. The second-order valence-corrected chi connectivity index (χ2v) is 5.12. The molecule has 1 heterocycles. The Morgan fingerprint density at radius 3 is 2.82 bits per heavy atom. The van der Waals surface area contributed by atoms with Crippen LogP contribution in [0.25, 0.3) is 0 Å². The summed E-state index contributed by atoms with van der Waals surface area (Å²) in [5, 5.41) is 12.5. The van der Waals surface area contributed by atoms with Crippen LogP contribution < -0.4 is 5.32 Å². The molecule has 1 aliphatic rings. The van der Waals surface area contributed by atoms with Gasteiger partial charge in [-0.1, -0.05) is 6.07 Å². The van der Waals surface area contributed by atoms with Gasteiger partial charge in [0.05, 0.1) is 11.6 Å². The Balaban J connectivity index is 2.17. The van der Waals surface area contributed by atoms with Gasteiger partial charge in [-0.2, -0.15) is 5.26 Å². The van der Waals surface area contributed by atoms with Gasteiger partial charge in [0.2, 0.25) is 0 Å². The second-order valence-electron chi connectivity index (χ2n) is 5.12. The lowest BCUT2D eigenvalue weighted by Crippen LogP contribution is -2.31. The summed E-state index contributed by atoms with van der Waals surface area (Å²) in [5.41, 5.74) is 4.60. The lowest BCUT2D eigenvalue weighted by Gasteiger charge is -2.23. The zero-order valence-electron chi connectivity index (χ0n) is 10.7. The Bertz CT molecular complexity index is 437. The number of hydrogen-bond acceptors (Lipinski definition) is 2. The number of aryl methyl sites for hydroxylation is 2. The molecule has 0 aromatic heterocycles. The van der Waals surface area contributed by atoms with Crippen molar-refractivity contribution in [2.45, 2.75) is 33.1 Å². The Morgan fingerprint density at radius 2 is 2.18 bits per heavy atom. The Kier molecular flexibility index (Phi) is 3.81. The van der Waals surface area contributed by atoms with Crippen LogP contribution in [0.15, 0.2) is 12.1 Å². The van der Waals surface area contributed by atoms with Crippen molar-refractivity contribution in [1.82, 2.24) is 5.32 Å². The van der Waals surface area contributed by atoms with Crippen LogP contribution in [-0.2, 0) is 6.42 Å². The molecule has 0 radical (unpaired) electrons. The standard InChI is InChI=1S/C15H20N2/c1-11-6-12(2)15(9-16)8-14(11)7-13-4-3-5-17-10-13/h6,8,13,17H,3-5,7,10H2,1-2H3. The van der Waals surface area contributed by atoms with Gasteiger partial charge in [0.25, 0.3) is 0 Å². The molecule has 0 saturated carbocycles. The summed E-state index contributed by atoms with van der Waals surface area (Å²) in [6.07, 6.45) is 3.69. The van der Waals surface area contributed by atoms with Crippen LogP contribution in [0.3, 0.4) is 0 Å². The second kappa shape index (κ2) is 5.33. The Labute approximate surface area is 104 Å². The number of nitrogens with zero attached hydrogens (tertiary/aromatic N) is 1. The number of hydrogen-bond donors (Lipinski definition) is 1. The van der Waals surface area contributed by atoms with Crippen molar-refractivity contribution in [3.8, 4) is 6.07 Å². The minimum Gasteiger partial charge on any atom is -0.316 e. The zero-order valence-corrected chi connectivity index (χ0v) is 10.7. The first kappa shape index (κ1) is 12.1. The van der Waals surface area contributed by atoms with Crippen LogP contribution in [0.5, 0.6) is 0 Å². The number of piperidine rings is 1. The topological polar surface area (TPSA) is 35.8 Å². The number of benzene rings is 1. The fourth-order valence-electron chi connectivity index (χ4n) is 2.65. The lowest BCUT2D eigenvalue weighted by molar-refractivity contribution is 0.375. The van der Waals surface area contributed by atoms with E-state index in [1.54, 1.807) is 0 Å². The summed E-state index contributed by atoms with van der Waals surface area (Å²) >= 11 is 0. The van der Waals surface area contributed by atoms with E-state index in [0.29, 0.717) is 0 Å². The van der Waals surface area contributed by atoms with E-state index in [0.717, 1.165) is 36.6 Å². The molecule has 2 heteroatoms. The lowest BCUT2D eigenvalue weighted by atomic mass is 9.89. The molecule has 1 aromatic carbocycles. The van der Waals surface area contributed by atoms with Crippen LogP contribution in [0.4, 0.5) is 0 Å². The van der Waals surface area contributed by atoms with E-state index >= 15 is 0 Å². The van der Waals surface area contributed by atoms with Crippen molar-refractivity contribution in [2.75, 3.05) is 13.1 Å². The quantitative estimate of drug-likeness (QED) is 0.844. The van der Waals surface area contributed by atoms with Crippen LogP contribution in [-0.4, -0.2) is 13.1 Å². The van der Waals surface area contributed by atoms with Gasteiger partial charge in [-0.3, -0.25) is 0 Å². The number of nitriles is 1. The Morgan fingerprint density at radius 1 is 1.35 bits per heavy atom. The molecule has 90 valence electrons. The van der Waals surface area contributed by atoms with Crippen molar-refractivity contribution in [2.24, 2.45) is 5.92 Å². The predicted molar refractivity (Wildman–Crippen MR) is 69.9 cm³/mol. The van der Waals surface area contributed by atoms with E-state index in [9.17, 15) is 0 Å². The highest BCUT2D eigenvalue weighted by atomic mass is 14.9. The molecule has 1 N–H and O–H groups in total. The fraction of sp³-hybridized carbons (Fsp3) is 0.533. The predicted octanol–water partition coefficient (Wildman–Crippen LogP) is 2.72. The smallest absolute Gasteiger partial charge is 0.0994 e. The molecule has 0 spiro atoms. The molecule has 0 aliphatic carbocycles. The van der Waals surface area contributed by atoms with E-state index in [1.165, 1.54) is 24.0 Å². The highest BCUT2D eigenvalue weighted by Gasteiger charge is 2.15. The molecular weight excluding hydrogens is 208 g/mol. The summed E-state index contributed by atoms with van der Waals surface area (Å²) in [6, 6.07) is 6.51. The molecule has 2 rings (SSSR count). The summed E-state index contributed by atoms with van der Waals surface area (Å²) < 4.78 is 0. The minimum atomic E-state index is 0.733. The normalized spacial score (nSPS) is 19.9. The van der Waals surface area contributed by atoms with Crippen LogP contribution >= 0.6 is 0 Å². The van der Waals surface area contributed by atoms with Crippen molar-refractivity contribution >= 4 is 0 Å². The van der Waals surface area contributed by atoms with Crippen molar-refractivity contribution in [3.05, 3.63) is 34.4 Å². The van der Waals surface area contributed by atoms with Gasteiger partial charge in [0, 0.05) is 0 Å². The van der Waals surface area contributed by atoms with Crippen LogP contribution in [0, 0.1) is 31.1 Å². The molecular formula is C15H20N2. The molecule has 1 aliphatic heterocycles. The van der Waals surface area contributed by atoms with E-state index in [2.05, 4.69) is 30.4 Å². The summed E-state index contributed by atoms with van der Waals surface area (Å²) in [7, 11) is 0. The van der Waals surface area contributed by atoms with E-state index in [4.69, 9.17) is 5.26 Å². The molecule has 1 saturated heterocycles. The van der Waals surface area contributed by atoms with E-state index in [1.807, 2.05) is 6.92 Å². The average molecular weight is 228 g/mol. The maximum absolute atomic E-state index is 9.08. The monoisotopic (exact) mass is 228 g/mol. The molecule has 0 amide bonds. The molecule has 17 heavy (non-hydrogen) atoms. The molecule has 1 fully saturated rings. The Hall–Kier alpha value is -1.33.